The molecule has 0 bridgehead atoms. The zero-order valence-corrected chi connectivity index (χ0v) is 14.0. The van der Waals surface area contributed by atoms with Gasteiger partial charge in [0.15, 0.2) is 5.96 Å². The molecule has 0 fully saturated rings. The summed E-state index contributed by atoms with van der Waals surface area (Å²) in [5.41, 5.74) is 7.11. The number of rotatable bonds is 5. The highest BCUT2D eigenvalue weighted by Crippen LogP contribution is 2.23. The molecule has 0 aliphatic carbocycles. The topological polar surface area (TPSA) is 76.7 Å². The van der Waals surface area contributed by atoms with E-state index in [2.05, 4.69) is 15.0 Å². The maximum Gasteiger partial charge on any atom is 0.573 e. The van der Waals surface area contributed by atoms with Crippen molar-refractivity contribution < 1.29 is 22.1 Å². The predicted molar refractivity (Wildman–Crippen MR) is 90.8 cm³/mol. The Balaban J connectivity index is 1.93. The summed E-state index contributed by atoms with van der Waals surface area (Å²) < 4.78 is 51.4. The van der Waals surface area contributed by atoms with Gasteiger partial charge in [-0.3, -0.25) is 4.21 Å². The quantitative estimate of drug-likeness (QED) is 0.625. The van der Waals surface area contributed by atoms with E-state index in [1.807, 2.05) is 0 Å². The number of hydrogen-bond acceptors (Lipinski definition) is 3. The number of nitrogens with two attached hydrogens (primary N) is 1. The molecule has 0 aromatic heterocycles. The average Bonchev–Trinajstić information content (AvgIpc) is 2.54. The Kier molecular flexibility index (Phi) is 6.02. The van der Waals surface area contributed by atoms with Crippen LogP contribution in [-0.2, 0) is 17.3 Å². The zero-order valence-electron chi connectivity index (χ0n) is 13.2. The number of nitrogens with zero attached hydrogens (tertiary/aromatic N) is 1. The lowest BCUT2D eigenvalue weighted by molar-refractivity contribution is -0.274. The highest BCUT2D eigenvalue weighted by atomic mass is 32.2. The van der Waals surface area contributed by atoms with Crippen LogP contribution < -0.4 is 15.8 Å². The Labute approximate surface area is 145 Å². The summed E-state index contributed by atoms with van der Waals surface area (Å²) in [4.78, 5) is 4.86. The van der Waals surface area contributed by atoms with Crippen molar-refractivity contribution in [2.24, 2.45) is 10.7 Å². The van der Waals surface area contributed by atoms with Crippen LogP contribution in [0.25, 0.3) is 0 Å². The number of aliphatic imine (C=N–C) groups is 1. The summed E-state index contributed by atoms with van der Waals surface area (Å²) in [6.45, 7) is 0.310. The van der Waals surface area contributed by atoms with Crippen molar-refractivity contribution >= 4 is 22.4 Å². The third-order valence-electron chi connectivity index (χ3n) is 3.05. The van der Waals surface area contributed by atoms with Gasteiger partial charge in [0, 0.05) is 27.6 Å². The van der Waals surface area contributed by atoms with Crippen molar-refractivity contribution in [1.82, 2.24) is 0 Å². The minimum Gasteiger partial charge on any atom is -0.406 e. The molecular formula is C16H16F3N3O2S. The van der Waals surface area contributed by atoms with Crippen LogP contribution in [0.2, 0.25) is 0 Å². The Hall–Kier alpha value is -2.55. The first-order valence-electron chi connectivity index (χ1n) is 7.08. The number of nitrogens with one attached hydrogen (secondary N) is 1. The summed E-state index contributed by atoms with van der Waals surface area (Å²) in [6, 6.07) is 12.3. The van der Waals surface area contributed by atoms with Crippen molar-refractivity contribution in [3.63, 3.8) is 0 Å². The summed E-state index contributed by atoms with van der Waals surface area (Å²) in [7, 11) is -1.04. The normalized spacial score (nSPS) is 13.4. The molecule has 2 aromatic carbocycles. The highest BCUT2D eigenvalue weighted by Gasteiger charge is 2.30. The number of benzene rings is 2. The van der Waals surface area contributed by atoms with E-state index in [0.29, 0.717) is 12.2 Å². The number of halogens is 3. The molecule has 134 valence electrons. The van der Waals surface area contributed by atoms with Crippen LogP contribution in [0.4, 0.5) is 18.9 Å². The lowest BCUT2D eigenvalue weighted by Crippen LogP contribution is -2.22. The van der Waals surface area contributed by atoms with Gasteiger partial charge in [-0.1, -0.05) is 12.1 Å². The smallest absolute Gasteiger partial charge is 0.406 e. The van der Waals surface area contributed by atoms with Gasteiger partial charge in [0.05, 0.1) is 6.54 Å². The minimum atomic E-state index is -4.73. The molecule has 0 saturated carbocycles. The summed E-state index contributed by atoms with van der Waals surface area (Å²) in [6.07, 6.45) is -3.13. The van der Waals surface area contributed by atoms with Gasteiger partial charge >= 0.3 is 6.36 Å². The monoisotopic (exact) mass is 371 g/mol. The van der Waals surface area contributed by atoms with Gasteiger partial charge < -0.3 is 15.8 Å². The SMILES string of the molecule is CS(=O)c1ccc(CN=C(N)Nc2ccc(OC(F)(F)F)cc2)cc1. The molecule has 0 saturated heterocycles. The van der Waals surface area contributed by atoms with E-state index in [4.69, 9.17) is 5.73 Å². The third kappa shape index (κ3) is 6.46. The summed E-state index contributed by atoms with van der Waals surface area (Å²) in [5, 5.41) is 2.77. The Morgan fingerprint density at radius 1 is 1.16 bits per heavy atom. The first kappa shape index (κ1) is 18.8. The molecule has 9 heteroatoms. The van der Waals surface area contributed by atoms with Crippen LogP contribution in [0.1, 0.15) is 5.56 Å². The van der Waals surface area contributed by atoms with E-state index in [0.717, 1.165) is 10.5 Å². The molecule has 3 N–H and O–H groups in total. The van der Waals surface area contributed by atoms with E-state index in [1.165, 1.54) is 24.3 Å². The molecule has 0 aliphatic heterocycles. The number of guanidine groups is 1. The van der Waals surface area contributed by atoms with E-state index < -0.39 is 17.2 Å². The second kappa shape index (κ2) is 8.02. The molecule has 1 atom stereocenters. The predicted octanol–water partition coefficient (Wildman–Crippen LogP) is 3.25. The molecule has 5 nitrogen and oxygen atoms in total. The molecular weight excluding hydrogens is 355 g/mol. The first-order chi connectivity index (χ1) is 11.7. The molecule has 0 heterocycles. The van der Waals surface area contributed by atoms with Crippen LogP contribution in [0.15, 0.2) is 58.4 Å². The number of ether oxygens (including phenoxy) is 1. The lowest BCUT2D eigenvalue weighted by Gasteiger charge is -2.10. The van der Waals surface area contributed by atoms with Crippen molar-refractivity contribution in [2.45, 2.75) is 17.8 Å². The van der Waals surface area contributed by atoms with E-state index >= 15 is 0 Å². The molecule has 0 aliphatic rings. The van der Waals surface area contributed by atoms with Crippen molar-refractivity contribution in [2.75, 3.05) is 11.6 Å². The Morgan fingerprint density at radius 2 is 1.76 bits per heavy atom. The van der Waals surface area contributed by atoms with Gasteiger partial charge in [0.2, 0.25) is 0 Å². The second-order valence-electron chi connectivity index (χ2n) is 5.00. The zero-order chi connectivity index (χ0) is 18.4. The van der Waals surface area contributed by atoms with Crippen LogP contribution >= 0.6 is 0 Å². The van der Waals surface area contributed by atoms with E-state index in [-0.39, 0.29) is 11.7 Å². The van der Waals surface area contributed by atoms with Crippen LogP contribution in [0, 0.1) is 0 Å². The van der Waals surface area contributed by atoms with Gasteiger partial charge in [-0.05, 0) is 42.0 Å². The molecule has 2 aromatic rings. The van der Waals surface area contributed by atoms with Gasteiger partial charge in [-0.2, -0.15) is 0 Å². The molecule has 1 unspecified atom stereocenters. The van der Waals surface area contributed by atoms with E-state index in [9.17, 15) is 17.4 Å². The third-order valence-corrected chi connectivity index (χ3v) is 3.98. The number of alkyl halides is 3. The fourth-order valence-corrected chi connectivity index (χ4v) is 2.41. The fraction of sp³-hybridized carbons (Fsp3) is 0.188. The van der Waals surface area contributed by atoms with Gasteiger partial charge in [0.1, 0.15) is 5.75 Å². The molecule has 0 spiro atoms. The largest absolute Gasteiger partial charge is 0.573 e. The summed E-state index contributed by atoms with van der Waals surface area (Å²) >= 11 is 0. The fourth-order valence-electron chi connectivity index (χ4n) is 1.89. The molecule has 2 rings (SSSR count). The lowest BCUT2D eigenvalue weighted by atomic mass is 10.2. The number of hydrogen-bond donors (Lipinski definition) is 2. The van der Waals surface area contributed by atoms with E-state index in [1.54, 1.807) is 30.5 Å². The van der Waals surface area contributed by atoms with Crippen LogP contribution in [0.5, 0.6) is 5.75 Å². The van der Waals surface area contributed by atoms with Gasteiger partial charge in [-0.15, -0.1) is 13.2 Å². The number of anilines is 1. The molecule has 0 amide bonds. The second-order valence-corrected chi connectivity index (χ2v) is 6.38. The highest BCUT2D eigenvalue weighted by molar-refractivity contribution is 7.84. The van der Waals surface area contributed by atoms with Crippen molar-refractivity contribution in [1.29, 1.82) is 0 Å². The van der Waals surface area contributed by atoms with Crippen molar-refractivity contribution in [3.05, 3.63) is 54.1 Å². The van der Waals surface area contributed by atoms with Gasteiger partial charge in [-0.25, -0.2) is 4.99 Å². The van der Waals surface area contributed by atoms with Crippen LogP contribution in [-0.4, -0.2) is 22.8 Å². The average molecular weight is 371 g/mol. The first-order valence-corrected chi connectivity index (χ1v) is 8.64. The summed E-state index contributed by atoms with van der Waals surface area (Å²) in [5.74, 6) is -0.199. The maximum absolute atomic E-state index is 12.1. The van der Waals surface area contributed by atoms with Gasteiger partial charge in [0.25, 0.3) is 0 Å². The minimum absolute atomic E-state index is 0.118. The molecule has 0 radical (unpaired) electrons. The Bertz CT molecular complexity index is 760. The molecule has 25 heavy (non-hydrogen) atoms. The standard InChI is InChI=1S/C16H16F3N3O2S/c1-25(23)14-8-2-11(3-9-14)10-21-15(20)22-12-4-6-13(7-5-12)24-16(17,18)19/h2-9H,10H2,1H3,(H3,20,21,22). The van der Waals surface area contributed by atoms with Crippen molar-refractivity contribution in [3.8, 4) is 5.75 Å². The Morgan fingerprint density at radius 3 is 2.28 bits per heavy atom. The maximum atomic E-state index is 12.1. The van der Waals surface area contributed by atoms with Crippen LogP contribution in [0.3, 0.4) is 0 Å².